The predicted molar refractivity (Wildman–Crippen MR) is 112 cm³/mol. The Morgan fingerprint density at radius 1 is 0.759 bits per heavy atom. The van der Waals surface area contributed by atoms with Crippen LogP contribution in [-0.4, -0.2) is 9.55 Å². The Kier molecular flexibility index (Phi) is 5.25. The fourth-order valence-electron chi connectivity index (χ4n) is 3.32. The molecule has 0 amide bonds. The van der Waals surface area contributed by atoms with Crippen molar-refractivity contribution in [2.45, 2.75) is 13.8 Å². The van der Waals surface area contributed by atoms with E-state index in [4.69, 9.17) is 0 Å². The van der Waals surface area contributed by atoms with Gasteiger partial charge in [0, 0.05) is 32.4 Å². The van der Waals surface area contributed by atoms with Gasteiger partial charge in [-0.3, -0.25) is 4.57 Å². The largest absolute Gasteiger partial charge is 0.297 e. The van der Waals surface area contributed by atoms with Gasteiger partial charge in [-0.2, -0.15) is 0 Å². The predicted octanol–water partition coefficient (Wildman–Crippen LogP) is 4.66. The van der Waals surface area contributed by atoms with Crippen LogP contribution in [0.15, 0.2) is 73.1 Å². The summed E-state index contributed by atoms with van der Waals surface area (Å²) in [5, 5.41) is 2.15. The normalized spacial score (nSPS) is 11.2. The molecule has 0 bridgehead atoms. The second-order valence-corrected chi connectivity index (χ2v) is 8.76. The smallest absolute Gasteiger partial charge is 0.161 e. The molecule has 0 N–H and O–H groups in total. The van der Waals surface area contributed by atoms with Gasteiger partial charge in [0.25, 0.3) is 0 Å². The van der Waals surface area contributed by atoms with Crippen LogP contribution < -0.4 is 16.2 Å². The van der Waals surface area contributed by atoms with Crippen molar-refractivity contribution in [2.24, 2.45) is 0 Å². The van der Waals surface area contributed by atoms with Gasteiger partial charge in [0.05, 0.1) is 5.69 Å². The quantitative estimate of drug-likeness (QED) is 0.353. The Labute approximate surface area is 168 Å². The molecule has 29 heavy (non-hydrogen) atoms. The van der Waals surface area contributed by atoms with E-state index in [1.807, 2.05) is 62.4 Å². The van der Waals surface area contributed by atoms with E-state index >= 15 is 0 Å². The summed E-state index contributed by atoms with van der Waals surface area (Å²) in [5.41, 5.74) is 2.70. The Hall–Kier alpha value is -2.91. The second kappa shape index (κ2) is 7.84. The number of benzene rings is 3. The monoisotopic (exact) mass is 410 g/mol. The standard InChI is InChI=1S/C23H18F3N2P/c1-15-7-3-5-9-21(15)29(22-10-6-4-8-16(22)2)23-27-11-12-28(23)20-14-18(25)17(24)13-19(20)26/h3-14H,1-2H3. The maximum absolute atomic E-state index is 14.6. The van der Waals surface area contributed by atoms with Crippen LogP contribution in [-0.2, 0) is 0 Å². The van der Waals surface area contributed by atoms with Gasteiger partial charge in [0.15, 0.2) is 11.6 Å². The zero-order chi connectivity index (χ0) is 20.5. The van der Waals surface area contributed by atoms with Crippen molar-refractivity contribution in [3.8, 4) is 5.69 Å². The van der Waals surface area contributed by atoms with E-state index in [2.05, 4.69) is 4.98 Å². The zero-order valence-corrected chi connectivity index (χ0v) is 16.8. The van der Waals surface area contributed by atoms with Gasteiger partial charge in [0.1, 0.15) is 11.4 Å². The highest BCUT2D eigenvalue weighted by atomic mass is 31.1. The number of nitrogens with zero attached hydrogens (tertiary/aromatic N) is 2. The lowest BCUT2D eigenvalue weighted by Crippen LogP contribution is -2.29. The molecule has 6 heteroatoms. The molecule has 146 valence electrons. The van der Waals surface area contributed by atoms with Crippen molar-refractivity contribution in [1.29, 1.82) is 0 Å². The molecule has 0 aliphatic rings. The van der Waals surface area contributed by atoms with Crippen LogP contribution in [0.4, 0.5) is 13.2 Å². The first kappa shape index (κ1) is 19.4. The second-order valence-electron chi connectivity index (χ2n) is 6.72. The van der Waals surface area contributed by atoms with E-state index in [9.17, 15) is 13.2 Å². The fourth-order valence-corrected chi connectivity index (χ4v) is 5.91. The first-order valence-corrected chi connectivity index (χ1v) is 10.4. The molecular weight excluding hydrogens is 392 g/mol. The third kappa shape index (κ3) is 3.58. The zero-order valence-electron chi connectivity index (χ0n) is 15.9. The minimum absolute atomic E-state index is 0.0638. The number of halogens is 3. The van der Waals surface area contributed by atoms with Crippen molar-refractivity contribution in [3.05, 3.63) is 102 Å². The summed E-state index contributed by atoms with van der Waals surface area (Å²) < 4.78 is 43.4. The van der Waals surface area contributed by atoms with Crippen molar-refractivity contribution >= 4 is 24.1 Å². The third-order valence-electron chi connectivity index (χ3n) is 4.78. The van der Waals surface area contributed by atoms with Crippen LogP contribution >= 0.6 is 7.92 Å². The van der Waals surface area contributed by atoms with Crippen molar-refractivity contribution < 1.29 is 13.2 Å². The molecule has 3 aromatic carbocycles. The lowest BCUT2D eigenvalue weighted by Gasteiger charge is -2.23. The number of rotatable bonds is 4. The average molecular weight is 410 g/mol. The molecule has 0 aliphatic heterocycles. The Bertz CT molecular complexity index is 1140. The maximum Gasteiger partial charge on any atom is 0.161 e. The molecule has 0 saturated carbocycles. The van der Waals surface area contributed by atoms with Crippen LogP contribution in [0, 0.1) is 31.3 Å². The summed E-state index contributed by atoms with van der Waals surface area (Å²) in [7, 11) is -1.16. The van der Waals surface area contributed by atoms with E-state index < -0.39 is 25.4 Å². The highest BCUT2D eigenvalue weighted by molar-refractivity contribution is 7.79. The molecule has 0 unspecified atom stereocenters. The van der Waals surface area contributed by atoms with Crippen LogP contribution in [0.1, 0.15) is 11.1 Å². The molecule has 0 aliphatic carbocycles. The molecule has 0 atom stereocenters. The van der Waals surface area contributed by atoms with Crippen LogP contribution in [0.2, 0.25) is 0 Å². The molecule has 0 fully saturated rings. The molecule has 4 aromatic rings. The van der Waals surface area contributed by atoms with Gasteiger partial charge < -0.3 is 0 Å². The van der Waals surface area contributed by atoms with Crippen molar-refractivity contribution in [3.63, 3.8) is 0 Å². The van der Waals surface area contributed by atoms with Gasteiger partial charge in [-0.05, 0) is 35.6 Å². The Balaban J connectivity index is 1.98. The highest BCUT2D eigenvalue weighted by Gasteiger charge is 2.26. The summed E-state index contributed by atoms with van der Waals surface area (Å²) in [5.74, 6) is -3.15. The maximum atomic E-state index is 14.6. The number of imidazole rings is 1. The highest BCUT2D eigenvalue weighted by Crippen LogP contribution is 2.35. The molecule has 1 aromatic heterocycles. The molecule has 0 radical (unpaired) electrons. The summed E-state index contributed by atoms with van der Waals surface area (Å²) in [6.45, 7) is 4.04. The number of hydrogen-bond donors (Lipinski definition) is 0. The first-order chi connectivity index (χ1) is 14.0. The van der Waals surface area contributed by atoms with Gasteiger partial charge >= 0.3 is 0 Å². The number of aryl methyl sites for hydroxylation is 2. The fraction of sp³-hybridized carbons (Fsp3) is 0.0870. The van der Waals surface area contributed by atoms with E-state index in [1.165, 1.54) is 4.57 Å². The molecule has 0 saturated heterocycles. The van der Waals surface area contributed by atoms with Gasteiger partial charge in [0.2, 0.25) is 0 Å². The summed E-state index contributed by atoms with van der Waals surface area (Å²) in [6.07, 6.45) is 3.14. The first-order valence-electron chi connectivity index (χ1n) is 9.07. The van der Waals surface area contributed by atoms with Gasteiger partial charge in [-0.25, -0.2) is 18.2 Å². The number of hydrogen-bond acceptors (Lipinski definition) is 1. The SMILES string of the molecule is Cc1ccccc1P(c1ccccc1C)c1nccn1-c1cc(F)c(F)cc1F. The summed E-state index contributed by atoms with van der Waals surface area (Å²) in [4.78, 5) is 4.53. The molecular formula is C23H18F3N2P. The number of aromatic nitrogens is 2. The van der Waals surface area contributed by atoms with Gasteiger partial charge in [-0.15, -0.1) is 0 Å². The van der Waals surface area contributed by atoms with Crippen LogP contribution in [0.5, 0.6) is 0 Å². The molecule has 2 nitrogen and oxygen atoms in total. The Morgan fingerprint density at radius 3 is 1.90 bits per heavy atom. The minimum Gasteiger partial charge on any atom is -0.297 e. The average Bonchev–Trinajstić information content (AvgIpc) is 3.17. The van der Waals surface area contributed by atoms with E-state index in [0.717, 1.165) is 27.8 Å². The molecule has 0 spiro atoms. The summed E-state index contributed by atoms with van der Waals surface area (Å²) >= 11 is 0. The minimum atomic E-state index is -1.21. The van der Waals surface area contributed by atoms with Crippen molar-refractivity contribution in [2.75, 3.05) is 0 Å². The van der Waals surface area contributed by atoms with Gasteiger partial charge in [-0.1, -0.05) is 48.5 Å². The van der Waals surface area contributed by atoms with Crippen LogP contribution in [0.25, 0.3) is 5.69 Å². The molecule has 1 heterocycles. The Morgan fingerprint density at radius 2 is 1.31 bits per heavy atom. The summed E-state index contributed by atoms with van der Waals surface area (Å²) in [6, 6.07) is 17.4. The van der Waals surface area contributed by atoms with E-state index in [0.29, 0.717) is 11.6 Å². The van der Waals surface area contributed by atoms with E-state index in [1.54, 1.807) is 12.4 Å². The van der Waals surface area contributed by atoms with Crippen LogP contribution in [0.3, 0.4) is 0 Å². The lowest BCUT2D eigenvalue weighted by molar-refractivity contribution is 0.493. The van der Waals surface area contributed by atoms with Crippen molar-refractivity contribution in [1.82, 2.24) is 9.55 Å². The lowest BCUT2D eigenvalue weighted by atomic mass is 10.2. The topological polar surface area (TPSA) is 17.8 Å². The molecule has 4 rings (SSSR count). The van der Waals surface area contributed by atoms with E-state index in [-0.39, 0.29) is 5.69 Å². The third-order valence-corrected chi connectivity index (χ3v) is 7.48.